The lowest BCUT2D eigenvalue weighted by atomic mass is 9.75. The fourth-order valence-corrected chi connectivity index (χ4v) is 5.60. The molecule has 2 heterocycles. The van der Waals surface area contributed by atoms with E-state index in [1.54, 1.807) is 6.92 Å². The Kier molecular flexibility index (Phi) is 5.44. The lowest BCUT2D eigenvalue weighted by Crippen LogP contribution is -2.54. The maximum atomic E-state index is 12.9. The predicted octanol–water partition coefficient (Wildman–Crippen LogP) is 2.12. The van der Waals surface area contributed by atoms with Crippen molar-refractivity contribution in [3.63, 3.8) is 0 Å². The second kappa shape index (κ2) is 7.87. The number of hydrogen-bond donors (Lipinski definition) is 1. The quantitative estimate of drug-likeness (QED) is 0.770. The van der Waals surface area contributed by atoms with E-state index in [2.05, 4.69) is 15.5 Å². The second-order valence-electron chi connectivity index (χ2n) is 7.98. The van der Waals surface area contributed by atoms with Crippen LogP contribution in [0, 0.1) is 12.8 Å². The number of carbonyl (C=O) groups excluding carboxylic acids is 1. The third kappa shape index (κ3) is 4.20. The van der Waals surface area contributed by atoms with E-state index in [1.807, 2.05) is 30.3 Å². The highest BCUT2D eigenvalue weighted by atomic mass is 32.2. The van der Waals surface area contributed by atoms with Crippen LogP contribution >= 0.6 is 0 Å². The molecule has 1 aliphatic heterocycles. The summed E-state index contributed by atoms with van der Waals surface area (Å²) in [5, 5.41) is 7.13. The van der Waals surface area contributed by atoms with E-state index < -0.39 is 15.6 Å². The Bertz CT molecular complexity index is 961. The summed E-state index contributed by atoms with van der Waals surface area (Å²) < 4.78 is 32.0. The Morgan fingerprint density at radius 1 is 1.24 bits per heavy atom. The summed E-state index contributed by atoms with van der Waals surface area (Å²) in [6.07, 6.45) is 3.62. The number of amides is 1. The Morgan fingerprint density at radius 3 is 2.48 bits per heavy atom. The average Bonchev–Trinajstić information content (AvgIpc) is 3.11. The molecule has 4 rings (SSSR count). The van der Waals surface area contributed by atoms with Crippen LogP contribution < -0.4 is 5.32 Å². The Labute approximate surface area is 170 Å². The van der Waals surface area contributed by atoms with Crippen LogP contribution in [0.4, 0.5) is 0 Å². The molecule has 1 aromatic carbocycles. The minimum absolute atomic E-state index is 0.00893. The molecule has 9 heteroatoms. The van der Waals surface area contributed by atoms with Gasteiger partial charge in [-0.15, -0.1) is 0 Å². The highest BCUT2D eigenvalue weighted by Crippen LogP contribution is 2.40. The number of hydrogen-bond acceptors (Lipinski definition) is 6. The molecular weight excluding hydrogens is 392 g/mol. The molecule has 29 heavy (non-hydrogen) atoms. The van der Waals surface area contributed by atoms with Gasteiger partial charge in [0.05, 0.1) is 5.75 Å². The molecule has 8 nitrogen and oxygen atoms in total. The molecule has 2 fully saturated rings. The van der Waals surface area contributed by atoms with Crippen molar-refractivity contribution in [1.29, 1.82) is 0 Å². The van der Waals surface area contributed by atoms with Gasteiger partial charge in [0.15, 0.2) is 5.82 Å². The summed E-state index contributed by atoms with van der Waals surface area (Å²) in [6.45, 7) is 2.46. The van der Waals surface area contributed by atoms with Crippen molar-refractivity contribution in [2.24, 2.45) is 5.92 Å². The Hall–Kier alpha value is -2.26. The summed E-state index contributed by atoms with van der Waals surface area (Å²) in [7, 11) is -3.39. The van der Waals surface area contributed by atoms with Gasteiger partial charge in [0.1, 0.15) is 5.54 Å². The van der Waals surface area contributed by atoms with Crippen LogP contribution in [0.2, 0.25) is 0 Å². The van der Waals surface area contributed by atoms with Gasteiger partial charge < -0.3 is 9.84 Å². The van der Waals surface area contributed by atoms with Crippen molar-refractivity contribution in [3.8, 4) is 0 Å². The fourth-order valence-electron chi connectivity index (χ4n) is 4.04. The highest BCUT2D eigenvalue weighted by molar-refractivity contribution is 7.88. The summed E-state index contributed by atoms with van der Waals surface area (Å²) in [5.74, 6) is 0.760. The van der Waals surface area contributed by atoms with E-state index in [9.17, 15) is 13.2 Å². The van der Waals surface area contributed by atoms with E-state index in [-0.39, 0.29) is 17.6 Å². The maximum Gasteiger partial charge on any atom is 0.224 e. The predicted molar refractivity (Wildman–Crippen MR) is 106 cm³/mol. The molecule has 0 radical (unpaired) electrons. The van der Waals surface area contributed by atoms with Crippen molar-refractivity contribution >= 4 is 15.9 Å². The summed E-state index contributed by atoms with van der Waals surface area (Å²) in [6, 6.07) is 9.17. The third-order valence-electron chi connectivity index (χ3n) is 5.94. The minimum atomic E-state index is -3.39. The highest BCUT2D eigenvalue weighted by Gasteiger charge is 2.45. The number of benzene rings is 1. The van der Waals surface area contributed by atoms with Crippen LogP contribution in [0.5, 0.6) is 0 Å². The molecule has 1 saturated carbocycles. The number of piperidine rings is 1. The number of nitrogens with zero attached hydrogens (tertiary/aromatic N) is 3. The zero-order valence-corrected chi connectivity index (χ0v) is 17.3. The van der Waals surface area contributed by atoms with Gasteiger partial charge in [-0.1, -0.05) is 35.5 Å². The average molecular weight is 419 g/mol. The standard InChI is InChI=1S/C20H26N4O4S/c1-15-21-19(23-28-15)20(10-5-11-20)22-18(25)17-8-12-24(13-9-17)29(26,27)14-16-6-3-2-4-7-16/h2-4,6-7,17H,5,8-14H2,1H3,(H,22,25). The smallest absolute Gasteiger partial charge is 0.224 e. The van der Waals surface area contributed by atoms with E-state index >= 15 is 0 Å². The first-order valence-corrected chi connectivity index (χ1v) is 11.6. The van der Waals surface area contributed by atoms with Crippen LogP contribution in [0.15, 0.2) is 34.9 Å². The minimum Gasteiger partial charge on any atom is -0.343 e. The first kappa shape index (κ1) is 20.0. The molecule has 2 aromatic rings. The lowest BCUT2D eigenvalue weighted by molar-refractivity contribution is -0.129. The monoisotopic (exact) mass is 418 g/mol. The number of aryl methyl sites for hydroxylation is 1. The topological polar surface area (TPSA) is 105 Å². The maximum absolute atomic E-state index is 12.9. The molecule has 0 atom stereocenters. The number of nitrogens with one attached hydrogen (secondary N) is 1. The fraction of sp³-hybridized carbons (Fsp3) is 0.550. The van der Waals surface area contributed by atoms with Crippen LogP contribution in [-0.4, -0.2) is 41.9 Å². The van der Waals surface area contributed by atoms with Crippen molar-refractivity contribution in [1.82, 2.24) is 19.8 Å². The molecule has 0 bridgehead atoms. The molecule has 1 amide bonds. The number of sulfonamides is 1. The van der Waals surface area contributed by atoms with Gasteiger partial charge in [-0.2, -0.15) is 4.98 Å². The summed E-state index contributed by atoms with van der Waals surface area (Å²) >= 11 is 0. The van der Waals surface area contributed by atoms with Gasteiger partial charge in [0, 0.05) is 25.9 Å². The number of aromatic nitrogens is 2. The first-order chi connectivity index (χ1) is 13.9. The molecule has 0 unspecified atom stereocenters. The molecule has 1 aliphatic carbocycles. The van der Waals surface area contributed by atoms with Gasteiger partial charge >= 0.3 is 0 Å². The SMILES string of the molecule is Cc1nc(C2(NC(=O)C3CCN(S(=O)(=O)Cc4ccccc4)CC3)CCC2)no1. The van der Waals surface area contributed by atoms with Crippen LogP contribution in [0.1, 0.15) is 49.4 Å². The second-order valence-corrected chi connectivity index (χ2v) is 9.95. The molecule has 2 aliphatic rings. The Balaban J connectivity index is 1.35. The summed E-state index contributed by atoms with van der Waals surface area (Å²) in [5.41, 5.74) is 0.237. The van der Waals surface area contributed by atoms with Crippen LogP contribution in [-0.2, 0) is 26.1 Å². The van der Waals surface area contributed by atoms with Crippen molar-refractivity contribution in [2.45, 2.75) is 50.3 Å². The number of carbonyl (C=O) groups is 1. The Morgan fingerprint density at radius 2 is 1.93 bits per heavy atom. The van der Waals surface area contributed by atoms with E-state index in [1.165, 1.54) is 4.31 Å². The van der Waals surface area contributed by atoms with Crippen molar-refractivity contribution in [2.75, 3.05) is 13.1 Å². The van der Waals surface area contributed by atoms with Gasteiger partial charge in [0.25, 0.3) is 0 Å². The molecular formula is C20H26N4O4S. The number of rotatable bonds is 6. The first-order valence-electron chi connectivity index (χ1n) is 10.0. The molecule has 156 valence electrons. The largest absolute Gasteiger partial charge is 0.343 e. The zero-order valence-electron chi connectivity index (χ0n) is 16.5. The van der Waals surface area contributed by atoms with Gasteiger partial charge in [-0.05, 0) is 37.7 Å². The van der Waals surface area contributed by atoms with Gasteiger partial charge in [-0.25, -0.2) is 12.7 Å². The van der Waals surface area contributed by atoms with Crippen LogP contribution in [0.25, 0.3) is 0 Å². The lowest BCUT2D eigenvalue weighted by Gasteiger charge is -2.41. The zero-order chi connectivity index (χ0) is 20.5. The van der Waals surface area contributed by atoms with Gasteiger partial charge in [-0.3, -0.25) is 4.79 Å². The molecule has 1 N–H and O–H groups in total. The van der Waals surface area contributed by atoms with E-state index in [4.69, 9.17) is 4.52 Å². The molecule has 0 spiro atoms. The summed E-state index contributed by atoms with van der Waals surface area (Å²) in [4.78, 5) is 17.2. The van der Waals surface area contributed by atoms with Crippen molar-refractivity contribution < 1.29 is 17.7 Å². The normalized spacial score (nSPS) is 20.2. The molecule has 1 saturated heterocycles. The van der Waals surface area contributed by atoms with Crippen LogP contribution in [0.3, 0.4) is 0 Å². The van der Waals surface area contributed by atoms with Crippen molar-refractivity contribution in [3.05, 3.63) is 47.6 Å². The van der Waals surface area contributed by atoms with E-state index in [0.717, 1.165) is 24.8 Å². The van der Waals surface area contributed by atoms with Gasteiger partial charge in [0.2, 0.25) is 21.8 Å². The molecule has 1 aromatic heterocycles. The van der Waals surface area contributed by atoms with E-state index in [0.29, 0.717) is 37.6 Å². The third-order valence-corrected chi connectivity index (χ3v) is 7.79.